The lowest BCUT2D eigenvalue weighted by Gasteiger charge is -2.09. The van der Waals surface area contributed by atoms with Gasteiger partial charge < -0.3 is 10.4 Å². The number of nitrogens with one attached hydrogen (secondary N) is 1. The van der Waals surface area contributed by atoms with Crippen LogP contribution >= 0.6 is 0 Å². The minimum Gasteiger partial charge on any atom is -0.396 e. The topological polar surface area (TPSA) is 67.2 Å². The van der Waals surface area contributed by atoms with Gasteiger partial charge in [0.15, 0.2) is 5.69 Å². The van der Waals surface area contributed by atoms with Gasteiger partial charge in [-0.25, -0.2) is 9.07 Å². The van der Waals surface area contributed by atoms with Crippen LogP contribution in [0.3, 0.4) is 0 Å². The Hall–Kier alpha value is -2.21. The number of amides is 1. The highest BCUT2D eigenvalue weighted by Gasteiger charge is 2.27. The van der Waals surface area contributed by atoms with E-state index in [1.165, 1.54) is 6.07 Å². The minimum absolute atomic E-state index is 0.0133. The van der Waals surface area contributed by atoms with Gasteiger partial charge in [-0.2, -0.15) is 5.10 Å². The summed E-state index contributed by atoms with van der Waals surface area (Å²) in [7, 11) is 0. The van der Waals surface area contributed by atoms with Crippen LogP contribution in [-0.4, -0.2) is 33.9 Å². The molecule has 0 fully saturated rings. The van der Waals surface area contributed by atoms with Gasteiger partial charge in [-0.3, -0.25) is 4.79 Å². The first kappa shape index (κ1) is 15.7. The highest BCUT2D eigenvalue weighted by atomic mass is 19.1. The highest BCUT2D eigenvalue weighted by molar-refractivity contribution is 5.94. The van der Waals surface area contributed by atoms with E-state index in [0.29, 0.717) is 17.9 Å². The molecule has 1 heterocycles. The van der Waals surface area contributed by atoms with Crippen molar-refractivity contribution >= 4 is 5.91 Å². The molecule has 0 radical (unpaired) electrons. The summed E-state index contributed by atoms with van der Waals surface area (Å²) in [5.41, 5.74) is 2.55. The van der Waals surface area contributed by atoms with E-state index in [2.05, 4.69) is 10.4 Å². The molecule has 1 amide bonds. The molecule has 122 valence electrons. The van der Waals surface area contributed by atoms with E-state index in [-0.39, 0.29) is 24.2 Å². The van der Waals surface area contributed by atoms with Crippen molar-refractivity contribution in [2.75, 3.05) is 13.2 Å². The number of para-hydroxylation sites is 1. The van der Waals surface area contributed by atoms with Gasteiger partial charge in [0.25, 0.3) is 5.91 Å². The Labute approximate surface area is 134 Å². The molecule has 3 rings (SSSR count). The molecule has 1 aromatic carbocycles. The Morgan fingerprint density at radius 2 is 2.22 bits per heavy atom. The molecule has 2 N–H and O–H groups in total. The second-order valence-corrected chi connectivity index (χ2v) is 5.99. The molecule has 1 aliphatic carbocycles. The molecular weight excluding hydrogens is 297 g/mol. The van der Waals surface area contributed by atoms with Crippen LogP contribution in [0.15, 0.2) is 24.3 Å². The smallest absolute Gasteiger partial charge is 0.272 e. The number of fused-ring (bicyclic) bond motifs is 1. The largest absolute Gasteiger partial charge is 0.396 e. The van der Waals surface area contributed by atoms with Gasteiger partial charge in [0.2, 0.25) is 0 Å². The van der Waals surface area contributed by atoms with Crippen molar-refractivity contribution in [1.29, 1.82) is 0 Å². The van der Waals surface area contributed by atoms with Crippen LogP contribution in [0.25, 0.3) is 5.69 Å². The molecule has 1 unspecified atom stereocenters. The molecule has 1 aliphatic rings. The minimum atomic E-state index is -0.356. The van der Waals surface area contributed by atoms with Gasteiger partial charge in [0.05, 0.1) is 0 Å². The number of hydrogen-bond acceptors (Lipinski definition) is 3. The fourth-order valence-corrected chi connectivity index (χ4v) is 2.86. The Morgan fingerprint density at radius 1 is 1.43 bits per heavy atom. The quantitative estimate of drug-likeness (QED) is 0.884. The molecule has 23 heavy (non-hydrogen) atoms. The third kappa shape index (κ3) is 2.99. The van der Waals surface area contributed by atoms with Crippen LogP contribution in [0.4, 0.5) is 4.39 Å². The monoisotopic (exact) mass is 317 g/mol. The zero-order valence-corrected chi connectivity index (χ0v) is 13.1. The van der Waals surface area contributed by atoms with Crippen molar-refractivity contribution in [3.05, 3.63) is 47.0 Å². The molecule has 1 atom stereocenters. The number of aliphatic hydroxyl groups excluding tert-OH is 1. The molecule has 1 aromatic heterocycles. The first-order valence-electron chi connectivity index (χ1n) is 7.86. The molecular formula is C17H20FN3O2. The Balaban J connectivity index is 1.93. The number of halogens is 1. The molecule has 0 aliphatic heterocycles. The Morgan fingerprint density at radius 3 is 2.96 bits per heavy atom. The zero-order valence-electron chi connectivity index (χ0n) is 13.1. The van der Waals surface area contributed by atoms with Gasteiger partial charge in [0, 0.05) is 24.4 Å². The van der Waals surface area contributed by atoms with E-state index in [1.807, 2.05) is 6.92 Å². The lowest BCUT2D eigenvalue weighted by atomic mass is 10.1. The van der Waals surface area contributed by atoms with E-state index < -0.39 is 0 Å². The van der Waals surface area contributed by atoms with Crippen molar-refractivity contribution in [3.63, 3.8) is 0 Å². The lowest BCUT2D eigenvalue weighted by molar-refractivity contribution is 0.0936. The number of aliphatic hydroxyl groups is 1. The molecule has 0 saturated carbocycles. The van der Waals surface area contributed by atoms with Gasteiger partial charge >= 0.3 is 0 Å². The average molecular weight is 317 g/mol. The Bertz CT molecular complexity index is 727. The van der Waals surface area contributed by atoms with Crippen LogP contribution in [0.5, 0.6) is 0 Å². The summed E-state index contributed by atoms with van der Waals surface area (Å²) in [5.74, 6) is -0.634. The molecule has 6 heteroatoms. The first-order chi connectivity index (χ1) is 11.1. The van der Waals surface area contributed by atoms with Crippen molar-refractivity contribution in [2.24, 2.45) is 5.92 Å². The summed E-state index contributed by atoms with van der Waals surface area (Å²) < 4.78 is 15.6. The van der Waals surface area contributed by atoms with Gasteiger partial charge in [-0.15, -0.1) is 0 Å². The number of nitrogens with zero attached hydrogens (tertiary/aromatic N) is 2. The summed E-state index contributed by atoms with van der Waals surface area (Å²) in [5, 5.41) is 16.2. The van der Waals surface area contributed by atoms with E-state index in [4.69, 9.17) is 5.11 Å². The molecule has 0 saturated heterocycles. The summed E-state index contributed by atoms with van der Waals surface area (Å²) in [6.07, 6.45) is 2.51. The second kappa shape index (κ2) is 6.50. The van der Waals surface area contributed by atoms with Crippen LogP contribution in [0, 0.1) is 11.7 Å². The third-order valence-corrected chi connectivity index (χ3v) is 4.15. The average Bonchev–Trinajstić information content (AvgIpc) is 3.15. The van der Waals surface area contributed by atoms with Crippen molar-refractivity contribution in [3.8, 4) is 5.69 Å². The number of carbonyl (C=O) groups is 1. The maximum atomic E-state index is 14.1. The number of rotatable bonds is 5. The van der Waals surface area contributed by atoms with Gasteiger partial charge in [-0.1, -0.05) is 19.1 Å². The summed E-state index contributed by atoms with van der Waals surface area (Å²) in [6, 6.07) is 6.44. The fraction of sp³-hybridized carbons (Fsp3) is 0.412. The van der Waals surface area contributed by atoms with Crippen LogP contribution in [0.1, 0.15) is 35.1 Å². The van der Waals surface area contributed by atoms with Crippen LogP contribution < -0.4 is 5.32 Å². The highest BCUT2D eigenvalue weighted by Crippen LogP contribution is 2.28. The maximum absolute atomic E-state index is 14.1. The molecule has 2 aromatic rings. The first-order valence-corrected chi connectivity index (χ1v) is 7.86. The van der Waals surface area contributed by atoms with Gasteiger partial charge in [-0.05, 0) is 37.3 Å². The molecule has 5 nitrogen and oxygen atoms in total. The van der Waals surface area contributed by atoms with Crippen LogP contribution in [0.2, 0.25) is 0 Å². The van der Waals surface area contributed by atoms with Crippen LogP contribution in [-0.2, 0) is 12.8 Å². The SMILES string of the molecule is CC(CO)CNC(=O)c1nn(-c2ccccc2F)c2c1CCC2. The van der Waals surface area contributed by atoms with E-state index in [9.17, 15) is 9.18 Å². The predicted octanol–water partition coefficient (Wildman–Crippen LogP) is 1.86. The number of carbonyl (C=O) groups excluding carboxylic acids is 1. The maximum Gasteiger partial charge on any atom is 0.272 e. The summed E-state index contributed by atoms with van der Waals surface area (Å²) in [4.78, 5) is 12.4. The van der Waals surface area contributed by atoms with Crippen molar-refractivity contribution < 1.29 is 14.3 Å². The summed E-state index contributed by atoms with van der Waals surface area (Å²) >= 11 is 0. The predicted molar refractivity (Wildman–Crippen MR) is 84.1 cm³/mol. The zero-order chi connectivity index (χ0) is 16.4. The normalized spacial score (nSPS) is 14.6. The number of aromatic nitrogens is 2. The fourth-order valence-electron chi connectivity index (χ4n) is 2.86. The van der Waals surface area contributed by atoms with E-state index in [1.54, 1.807) is 22.9 Å². The van der Waals surface area contributed by atoms with E-state index in [0.717, 1.165) is 30.5 Å². The lowest BCUT2D eigenvalue weighted by Crippen LogP contribution is -2.30. The second-order valence-electron chi connectivity index (χ2n) is 5.99. The van der Waals surface area contributed by atoms with Crippen molar-refractivity contribution in [1.82, 2.24) is 15.1 Å². The number of hydrogen-bond donors (Lipinski definition) is 2. The standard InChI is InChI=1S/C17H20FN3O2/c1-11(10-22)9-19-17(23)16-12-5-4-8-14(12)21(20-16)15-7-3-2-6-13(15)18/h2-3,6-7,11,22H,4-5,8-10H2,1H3,(H,19,23). The molecule has 0 spiro atoms. The Kier molecular flexibility index (Phi) is 4.43. The van der Waals surface area contributed by atoms with Crippen molar-refractivity contribution in [2.45, 2.75) is 26.2 Å². The number of benzene rings is 1. The molecule has 0 bridgehead atoms. The van der Waals surface area contributed by atoms with E-state index >= 15 is 0 Å². The summed E-state index contributed by atoms with van der Waals surface area (Å²) in [6.45, 7) is 2.25. The van der Waals surface area contributed by atoms with Gasteiger partial charge in [0.1, 0.15) is 11.5 Å². The third-order valence-electron chi connectivity index (χ3n) is 4.15.